The van der Waals surface area contributed by atoms with Crippen molar-refractivity contribution in [1.29, 1.82) is 0 Å². The van der Waals surface area contributed by atoms with E-state index in [1.807, 2.05) is 30.5 Å². The second kappa shape index (κ2) is 2.06. The van der Waals surface area contributed by atoms with Crippen molar-refractivity contribution in [2.24, 2.45) is 0 Å². The predicted octanol–water partition coefficient (Wildman–Crippen LogP) is 2.59. The molecule has 1 N–H and O–H groups in total. The minimum atomic E-state index is 1.00. The van der Waals surface area contributed by atoms with E-state index in [2.05, 4.69) is 10.6 Å². The number of nitrogens with zero attached hydrogens (tertiary/aromatic N) is 1. The van der Waals surface area contributed by atoms with E-state index in [0.717, 1.165) is 11.4 Å². The number of fused-ring (bicyclic) bond motifs is 1. The molecule has 0 spiro atoms. The van der Waals surface area contributed by atoms with E-state index in [9.17, 15) is 0 Å². The number of anilines is 1. The Hall–Kier alpha value is -1.44. The fourth-order valence-corrected chi connectivity index (χ4v) is 0.953. The highest BCUT2D eigenvalue weighted by Gasteiger charge is 1.90. The van der Waals surface area contributed by atoms with Gasteiger partial charge < -0.3 is 10.6 Å². The molecule has 0 bridgehead atoms. The third-order valence-corrected chi connectivity index (χ3v) is 1.43. The van der Waals surface area contributed by atoms with Crippen molar-refractivity contribution in [1.82, 2.24) is 0 Å². The molecule has 10 heavy (non-hydrogen) atoms. The van der Waals surface area contributed by atoms with Crippen molar-refractivity contribution < 1.29 is 0 Å². The van der Waals surface area contributed by atoms with Crippen LogP contribution in [0.4, 0.5) is 11.4 Å². The Morgan fingerprint density at radius 3 is 3.00 bits per heavy atom. The minimum absolute atomic E-state index is 1.00. The van der Waals surface area contributed by atoms with Crippen LogP contribution in [-0.2, 0) is 0 Å². The van der Waals surface area contributed by atoms with Crippen LogP contribution in [0, 0.1) is 0 Å². The average Bonchev–Trinajstić information content (AvgIpc) is 2.05. The van der Waals surface area contributed by atoms with Gasteiger partial charge in [-0.1, -0.05) is 18.2 Å². The Morgan fingerprint density at radius 1 is 1.20 bits per heavy atom. The Balaban J connectivity index is 2.47. The SMILES string of the molecule is C1=CNc2ccccc2[N-]1. The highest BCUT2D eigenvalue weighted by molar-refractivity contribution is 5.75. The maximum Gasteiger partial charge on any atom is 0.0229 e. The van der Waals surface area contributed by atoms with Crippen molar-refractivity contribution in [3.63, 3.8) is 0 Å². The molecular weight excluding hydrogens is 124 g/mol. The van der Waals surface area contributed by atoms with Gasteiger partial charge in [0.05, 0.1) is 0 Å². The van der Waals surface area contributed by atoms with Gasteiger partial charge in [-0.15, -0.1) is 5.69 Å². The molecule has 2 heteroatoms. The van der Waals surface area contributed by atoms with Gasteiger partial charge in [0.15, 0.2) is 0 Å². The van der Waals surface area contributed by atoms with Gasteiger partial charge in [0.25, 0.3) is 0 Å². The Labute approximate surface area is 59.6 Å². The standard InChI is InChI=1S/C8H7N2/c1-2-4-8-7(3-1)9-5-6-10-8/h1-6,9H/q-1. The lowest BCUT2D eigenvalue weighted by atomic mass is 10.2. The maximum absolute atomic E-state index is 4.15. The molecule has 0 radical (unpaired) electrons. The van der Waals surface area contributed by atoms with E-state index in [1.54, 1.807) is 6.20 Å². The van der Waals surface area contributed by atoms with Crippen LogP contribution in [0.5, 0.6) is 0 Å². The number of para-hydroxylation sites is 2. The topological polar surface area (TPSA) is 26.1 Å². The van der Waals surface area contributed by atoms with Crippen molar-refractivity contribution in [3.8, 4) is 0 Å². The lowest BCUT2D eigenvalue weighted by Gasteiger charge is -2.25. The quantitative estimate of drug-likeness (QED) is 0.575. The van der Waals surface area contributed by atoms with Crippen LogP contribution in [0.1, 0.15) is 0 Å². The van der Waals surface area contributed by atoms with Gasteiger partial charge in [-0.3, -0.25) is 0 Å². The number of hydrogen-bond acceptors (Lipinski definition) is 1. The summed E-state index contributed by atoms with van der Waals surface area (Å²) in [6, 6.07) is 7.94. The van der Waals surface area contributed by atoms with E-state index in [0.29, 0.717) is 0 Å². The zero-order valence-corrected chi connectivity index (χ0v) is 5.41. The van der Waals surface area contributed by atoms with Crippen LogP contribution in [0.15, 0.2) is 36.7 Å². The van der Waals surface area contributed by atoms with E-state index in [-0.39, 0.29) is 0 Å². The summed E-state index contributed by atoms with van der Waals surface area (Å²) in [7, 11) is 0. The molecule has 1 aliphatic heterocycles. The Morgan fingerprint density at radius 2 is 2.10 bits per heavy atom. The number of rotatable bonds is 0. The third-order valence-electron chi connectivity index (χ3n) is 1.43. The largest absolute Gasteiger partial charge is 0.661 e. The van der Waals surface area contributed by atoms with Crippen LogP contribution in [0.2, 0.25) is 0 Å². The van der Waals surface area contributed by atoms with Gasteiger partial charge in [-0.25, -0.2) is 0 Å². The maximum atomic E-state index is 4.15. The first-order valence-corrected chi connectivity index (χ1v) is 3.18. The zero-order valence-electron chi connectivity index (χ0n) is 5.41. The molecule has 1 heterocycles. The lowest BCUT2D eigenvalue weighted by Crippen LogP contribution is -1.90. The summed E-state index contributed by atoms with van der Waals surface area (Å²) in [5.41, 5.74) is 2.08. The first-order valence-electron chi connectivity index (χ1n) is 3.18. The molecule has 0 amide bonds. The van der Waals surface area contributed by atoms with Crippen molar-refractivity contribution in [3.05, 3.63) is 42.0 Å². The van der Waals surface area contributed by atoms with Gasteiger partial charge in [0, 0.05) is 5.69 Å². The van der Waals surface area contributed by atoms with Gasteiger partial charge in [0.1, 0.15) is 0 Å². The molecule has 0 atom stereocenters. The summed E-state index contributed by atoms with van der Waals surface area (Å²) in [5.74, 6) is 0. The zero-order chi connectivity index (χ0) is 6.81. The van der Waals surface area contributed by atoms with Crippen LogP contribution in [0.3, 0.4) is 0 Å². The van der Waals surface area contributed by atoms with Crippen LogP contribution in [-0.4, -0.2) is 0 Å². The fourth-order valence-electron chi connectivity index (χ4n) is 0.953. The summed E-state index contributed by atoms with van der Waals surface area (Å²) < 4.78 is 0. The van der Waals surface area contributed by atoms with E-state index < -0.39 is 0 Å². The van der Waals surface area contributed by atoms with Gasteiger partial charge in [-0.2, -0.15) is 6.20 Å². The predicted molar refractivity (Wildman–Crippen MR) is 42.2 cm³/mol. The Bertz CT molecular complexity index is 239. The third kappa shape index (κ3) is 0.739. The first-order chi connectivity index (χ1) is 4.97. The Kier molecular flexibility index (Phi) is 1.10. The van der Waals surface area contributed by atoms with E-state index in [4.69, 9.17) is 0 Å². The average molecular weight is 131 g/mol. The van der Waals surface area contributed by atoms with Crippen molar-refractivity contribution >= 4 is 11.4 Å². The molecule has 0 fully saturated rings. The molecule has 2 rings (SSSR count). The summed E-state index contributed by atoms with van der Waals surface area (Å²) in [4.78, 5) is 0. The summed E-state index contributed by atoms with van der Waals surface area (Å²) >= 11 is 0. The van der Waals surface area contributed by atoms with E-state index in [1.165, 1.54) is 0 Å². The van der Waals surface area contributed by atoms with Gasteiger partial charge in [0.2, 0.25) is 0 Å². The molecule has 0 saturated heterocycles. The molecular formula is C8H7N2-. The summed E-state index contributed by atoms with van der Waals surface area (Å²) in [5, 5.41) is 7.24. The summed E-state index contributed by atoms with van der Waals surface area (Å²) in [6.45, 7) is 0. The number of nitrogens with one attached hydrogen (secondary N) is 1. The molecule has 0 unspecified atom stereocenters. The number of benzene rings is 1. The fraction of sp³-hybridized carbons (Fsp3) is 0. The van der Waals surface area contributed by atoms with Crippen LogP contribution >= 0.6 is 0 Å². The summed E-state index contributed by atoms with van der Waals surface area (Å²) in [6.07, 6.45) is 3.57. The minimum Gasteiger partial charge on any atom is -0.661 e. The van der Waals surface area contributed by atoms with Crippen LogP contribution in [0.25, 0.3) is 5.32 Å². The molecule has 50 valence electrons. The molecule has 1 aromatic carbocycles. The lowest BCUT2D eigenvalue weighted by molar-refractivity contribution is 1.52. The van der Waals surface area contributed by atoms with Crippen LogP contribution < -0.4 is 5.32 Å². The first kappa shape index (κ1) is 5.35. The molecule has 1 aliphatic rings. The molecule has 0 aromatic heterocycles. The van der Waals surface area contributed by atoms with Crippen molar-refractivity contribution in [2.45, 2.75) is 0 Å². The van der Waals surface area contributed by atoms with Gasteiger partial charge >= 0.3 is 0 Å². The van der Waals surface area contributed by atoms with Gasteiger partial charge in [-0.05, 0) is 12.3 Å². The molecule has 0 aliphatic carbocycles. The normalized spacial score (nSPS) is 13.2. The monoisotopic (exact) mass is 131 g/mol. The number of hydrogen-bond donors (Lipinski definition) is 1. The second-order valence-corrected chi connectivity index (χ2v) is 2.11. The van der Waals surface area contributed by atoms with E-state index >= 15 is 0 Å². The molecule has 1 aromatic rings. The molecule has 2 nitrogen and oxygen atoms in total. The second-order valence-electron chi connectivity index (χ2n) is 2.11. The highest BCUT2D eigenvalue weighted by atomic mass is 15.0. The van der Waals surface area contributed by atoms with Crippen molar-refractivity contribution in [2.75, 3.05) is 5.32 Å². The smallest absolute Gasteiger partial charge is 0.0229 e. The highest BCUT2D eigenvalue weighted by Crippen LogP contribution is 2.31. The molecule has 0 saturated carbocycles.